The molecule has 2 aromatic heterocycles. The van der Waals surface area contributed by atoms with Crippen LogP contribution in [0.15, 0.2) is 72.9 Å². The Hall–Kier alpha value is -3.88. The third-order valence-electron chi connectivity index (χ3n) is 6.85. The minimum absolute atomic E-state index is 0.194. The molecular formula is C29H27ClN4O3S. The number of hydrogen-bond donors (Lipinski definition) is 1. The first kappa shape index (κ1) is 25.8. The van der Waals surface area contributed by atoms with E-state index in [1.54, 1.807) is 25.4 Å². The van der Waals surface area contributed by atoms with Crippen molar-refractivity contribution in [3.05, 3.63) is 106 Å². The van der Waals surface area contributed by atoms with Crippen LogP contribution in [0.5, 0.6) is 5.75 Å². The highest BCUT2D eigenvalue weighted by Crippen LogP contribution is 2.44. The molecule has 0 amide bonds. The molecule has 0 saturated carbocycles. The van der Waals surface area contributed by atoms with E-state index in [2.05, 4.69) is 39.7 Å². The number of esters is 1. The van der Waals surface area contributed by atoms with Gasteiger partial charge in [-0.25, -0.2) is 4.79 Å². The number of aromatic nitrogens is 2. The molecule has 5 rings (SSSR count). The van der Waals surface area contributed by atoms with Crippen LogP contribution in [0.4, 0.5) is 5.69 Å². The summed E-state index contributed by atoms with van der Waals surface area (Å²) in [7, 11) is 2.97. The third kappa shape index (κ3) is 4.50. The van der Waals surface area contributed by atoms with E-state index in [1.807, 2.05) is 48.5 Å². The van der Waals surface area contributed by atoms with Crippen molar-refractivity contribution in [1.29, 1.82) is 0 Å². The number of carbonyl (C=O) groups excluding carboxylic acids is 1. The molecule has 1 N–H and O–H groups in total. The van der Waals surface area contributed by atoms with Gasteiger partial charge in [-0.05, 0) is 92.3 Å². The zero-order valence-corrected chi connectivity index (χ0v) is 23.0. The number of nitrogens with zero attached hydrogens (tertiary/aromatic N) is 3. The summed E-state index contributed by atoms with van der Waals surface area (Å²) in [4.78, 5) is 18.7. The van der Waals surface area contributed by atoms with Crippen molar-refractivity contribution in [3.8, 4) is 11.4 Å². The SMILES string of the molecule is COC(=O)c1ccc(-n2c(C)cc([C@@H]3[C@@H](c4ccccn4)NC(=S)N3c3ccc(OC)c(Cl)c3)c2C)cc1. The number of methoxy groups -OCH3 is 2. The standard InChI is InChI=1S/C29H27ClN4O3S/c1-17-15-22(18(2)33(17)20-10-8-19(9-11-20)28(35)37-4)27-26(24-7-5-6-14-31-24)32-29(38)34(27)21-12-13-25(36-3)23(30)16-21/h5-16,26-27H,1-4H3,(H,32,38)/t26-,27-/m1/s1. The fourth-order valence-corrected chi connectivity index (χ4v) is 5.70. The number of nitrogens with one attached hydrogen (secondary N) is 1. The van der Waals surface area contributed by atoms with Crippen molar-refractivity contribution in [2.75, 3.05) is 19.1 Å². The lowest BCUT2D eigenvalue weighted by Crippen LogP contribution is -2.29. The lowest BCUT2D eigenvalue weighted by atomic mass is 9.96. The van der Waals surface area contributed by atoms with E-state index in [9.17, 15) is 4.79 Å². The van der Waals surface area contributed by atoms with Gasteiger partial charge in [-0.1, -0.05) is 17.7 Å². The molecule has 0 spiro atoms. The maximum Gasteiger partial charge on any atom is 0.337 e. The average molecular weight is 547 g/mol. The molecule has 0 aliphatic carbocycles. The van der Waals surface area contributed by atoms with Crippen LogP contribution < -0.4 is 15.0 Å². The number of rotatable bonds is 6. The Kier molecular flexibility index (Phi) is 7.10. The third-order valence-corrected chi connectivity index (χ3v) is 7.46. The monoisotopic (exact) mass is 546 g/mol. The Labute approximate surface area is 232 Å². The van der Waals surface area contributed by atoms with Crippen molar-refractivity contribution in [1.82, 2.24) is 14.9 Å². The van der Waals surface area contributed by atoms with Crippen LogP contribution in [0.3, 0.4) is 0 Å². The number of hydrogen-bond acceptors (Lipinski definition) is 5. The maximum absolute atomic E-state index is 11.9. The van der Waals surface area contributed by atoms with Gasteiger partial charge in [-0.15, -0.1) is 0 Å². The number of anilines is 1. The first-order valence-corrected chi connectivity index (χ1v) is 12.8. The van der Waals surface area contributed by atoms with Crippen LogP contribution in [0.25, 0.3) is 5.69 Å². The summed E-state index contributed by atoms with van der Waals surface area (Å²) >= 11 is 12.4. The highest BCUT2D eigenvalue weighted by Gasteiger charge is 2.42. The van der Waals surface area contributed by atoms with Gasteiger partial charge in [0.1, 0.15) is 5.75 Å². The minimum Gasteiger partial charge on any atom is -0.495 e. The molecule has 1 saturated heterocycles. The molecule has 4 aromatic rings. The van der Waals surface area contributed by atoms with Gasteiger partial charge in [0.2, 0.25) is 0 Å². The Morgan fingerprint density at radius 1 is 1.03 bits per heavy atom. The van der Waals surface area contributed by atoms with Crippen LogP contribution in [0, 0.1) is 13.8 Å². The van der Waals surface area contributed by atoms with E-state index in [0.717, 1.165) is 34.0 Å². The molecular weight excluding hydrogens is 520 g/mol. The lowest BCUT2D eigenvalue weighted by molar-refractivity contribution is 0.0600. The minimum atomic E-state index is -0.365. The van der Waals surface area contributed by atoms with Crippen molar-refractivity contribution in [3.63, 3.8) is 0 Å². The summed E-state index contributed by atoms with van der Waals surface area (Å²) < 4.78 is 12.4. The molecule has 9 heteroatoms. The van der Waals surface area contributed by atoms with E-state index in [0.29, 0.717) is 21.4 Å². The van der Waals surface area contributed by atoms with Gasteiger partial charge in [0.25, 0.3) is 0 Å². The van der Waals surface area contributed by atoms with Crippen molar-refractivity contribution < 1.29 is 14.3 Å². The van der Waals surface area contributed by atoms with Crippen molar-refractivity contribution >= 4 is 40.6 Å². The van der Waals surface area contributed by atoms with Gasteiger partial charge in [0.15, 0.2) is 5.11 Å². The normalized spacial score (nSPS) is 16.9. The van der Waals surface area contributed by atoms with Crippen LogP contribution in [-0.2, 0) is 4.74 Å². The first-order chi connectivity index (χ1) is 18.3. The molecule has 0 unspecified atom stereocenters. The van der Waals surface area contributed by atoms with Crippen LogP contribution >= 0.6 is 23.8 Å². The molecule has 7 nitrogen and oxygen atoms in total. The second-order valence-electron chi connectivity index (χ2n) is 9.02. The topological polar surface area (TPSA) is 68.6 Å². The van der Waals surface area contributed by atoms with Crippen LogP contribution in [0.2, 0.25) is 5.02 Å². The molecule has 2 aromatic carbocycles. The molecule has 0 bridgehead atoms. The molecule has 0 radical (unpaired) electrons. The summed E-state index contributed by atoms with van der Waals surface area (Å²) in [6.45, 7) is 4.16. The molecule has 3 heterocycles. The van der Waals surface area contributed by atoms with Crippen molar-refractivity contribution in [2.45, 2.75) is 25.9 Å². The number of thiocarbonyl (C=S) groups is 1. The predicted octanol–water partition coefficient (Wildman–Crippen LogP) is 6.11. The zero-order chi connectivity index (χ0) is 27.0. The lowest BCUT2D eigenvalue weighted by Gasteiger charge is -2.28. The molecule has 1 fully saturated rings. The van der Waals surface area contributed by atoms with Gasteiger partial charge in [-0.2, -0.15) is 0 Å². The number of pyridine rings is 1. The Balaban J connectivity index is 1.63. The Morgan fingerprint density at radius 2 is 1.76 bits per heavy atom. The fraction of sp³-hybridized carbons (Fsp3) is 0.207. The number of benzene rings is 2. The quantitative estimate of drug-likeness (QED) is 0.231. The van der Waals surface area contributed by atoms with E-state index in [1.165, 1.54) is 7.11 Å². The molecule has 1 aliphatic heterocycles. The summed E-state index contributed by atoms with van der Waals surface area (Å²) in [5.41, 5.74) is 6.37. The van der Waals surface area contributed by atoms with Crippen LogP contribution in [0.1, 0.15) is 45.1 Å². The molecule has 2 atom stereocenters. The highest BCUT2D eigenvalue weighted by molar-refractivity contribution is 7.80. The first-order valence-electron chi connectivity index (χ1n) is 12.1. The van der Waals surface area contributed by atoms with Gasteiger partial charge >= 0.3 is 5.97 Å². The fourth-order valence-electron chi connectivity index (χ4n) is 5.10. The summed E-state index contributed by atoms with van der Waals surface area (Å²) in [6, 6.07) is 20.7. The number of ether oxygens (including phenoxy) is 2. The number of halogens is 1. The Bertz CT molecular complexity index is 1500. The van der Waals surface area contributed by atoms with Gasteiger partial charge in [0, 0.05) is 29.0 Å². The van der Waals surface area contributed by atoms with Crippen LogP contribution in [-0.4, -0.2) is 34.9 Å². The van der Waals surface area contributed by atoms with E-state index in [4.69, 9.17) is 33.3 Å². The Morgan fingerprint density at radius 3 is 2.39 bits per heavy atom. The van der Waals surface area contributed by atoms with E-state index >= 15 is 0 Å². The summed E-state index contributed by atoms with van der Waals surface area (Å²) in [5.74, 6) is 0.232. The van der Waals surface area contributed by atoms with E-state index in [-0.39, 0.29) is 18.1 Å². The zero-order valence-electron chi connectivity index (χ0n) is 21.4. The average Bonchev–Trinajstić information content (AvgIpc) is 3.43. The summed E-state index contributed by atoms with van der Waals surface area (Å²) in [5, 5.41) is 4.58. The van der Waals surface area contributed by atoms with Crippen molar-refractivity contribution in [2.24, 2.45) is 0 Å². The van der Waals surface area contributed by atoms with Gasteiger partial charge in [0.05, 0.1) is 42.6 Å². The summed E-state index contributed by atoms with van der Waals surface area (Å²) in [6.07, 6.45) is 1.79. The highest BCUT2D eigenvalue weighted by atomic mass is 35.5. The second kappa shape index (κ2) is 10.5. The molecule has 38 heavy (non-hydrogen) atoms. The van der Waals surface area contributed by atoms with Gasteiger partial charge < -0.3 is 24.3 Å². The molecule has 1 aliphatic rings. The maximum atomic E-state index is 11.9. The number of aryl methyl sites for hydroxylation is 1. The second-order valence-corrected chi connectivity index (χ2v) is 9.81. The van der Waals surface area contributed by atoms with Gasteiger partial charge in [-0.3, -0.25) is 4.98 Å². The smallest absolute Gasteiger partial charge is 0.337 e. The van der Waals surface area contributed by atoms with E-state index < -0.39 is 0 Å². The molecule has 194 valence electrons. The predicted molar refractivity (Wildman–Crippen MR) is 153 cm³/mol. The largest absolute Gasteiger partial charge is 0.495 e. The number of carbonyl (C=O) groups is 1.